The Morgan fingerprint density at radius 1 is 1.53 bits per heavy atom. The van der Waals surface area contributed by atoms with Crippen molar-refractivity contribution in [2.24, 2.45) is 5.73 Å². The van der Waals surface area contributed by atoms with E-state index in [4.69, 9.17) is 5.73 Å². The summed E-state index contributed by atoms with van der Waals surface area (Å²) >= 11 is 3.41. The Kier molecular flexibility index (Phi) is 4.74. The summed E-state index contributed by atoms with van der Waals surface area (Å²) in [5, 5.41) is 0. The van der Waals surface area contributed by atoms with Crippen molar-refractivity contribution in [2.75, 3.05) is 7.05 Å². The zero-order valence-electron chi connectivity index (χ0n) is 8.46. The lowest BCUT2D eigenvalue weighted by atomic mass is 10.1. The van der Waals surface area contributed by atoms with Crippen LogP contribution in [0.5, 0.6) is 0 Å². The van der Waals surface area contributed by atoms with Gasteiger partial charge in [0.05, 0.1) is 6.04 Å². The second kappa shape index (κ2) is 5.85. The van der Waals surface area contributed by atoms with E-state index in [1.54, 1.807) is 7.05 Å². The Hall–Kier alpha value is -0.910. The first-order valence-electron chi connectivity index (χ1n) is 4.60. The molecule has 0 fully saturated rings. The van der Waals surface area contributed by atoms with E-state index < -0.39 is 6.04 Å². The van der Waals surface area contributed by atoms with Gasteiger partial charge < -0.3 is 5.73 Å². The molecule has 4 N–H and O–H groups in total. The molecule has 0 heterocycles. The number of hydrogen-bond donors (Lipinski definition) is 3. The molecule has 1 rings (SSSR count). The van der Waals surface area contributed by atoms with Gasteiger partial charge in [0, 0.05) is 11.5 Å². The lowest BCUT2D eigenvalue weighted by molar-refractivity contribution is -0.123. The van der Waals surface area contributed by atoms with E-state index in [0.29, 0.717) is 6.42 Å². The van der Waals surface area contributed by atoms with Gasteiger partial charge in [0.15, 0.2) is 0 Å². The molecule has 0 radical (unpaired) electrons. The number of carbonyl (C=O) groups excluding carboxylic acids is 1. The van der Waals surface area contributed by atoms with Crippen LogP contribution in [0.2, 0.25) is 0 Å². The first-order valence-corrected chi connectivity index (χ1v) is 5.40. The normalized spacial score (nSPS) is 12.2. The number of benzene rings is 1. The third-order valence-corrected chi connectivity index (χ3v) is 2.76. The van der Waals surface area contributed by atoms with Gasteiger partial charge in [-0.1, -0.05) is 34.1 Å². The summed E-state index contributed by atoms with van der Waals surface area (Å²) in [4.78, 5) is 11.3. The number of halogens is 1. The molecule has 5 heteroatoms. The van der Waals surface area contributed by atoms with Gasteiger partial charge in [0.2, 0.25) is 0 Å². The largest absolute Gasteiger partial charge is 0.320 e. The van der Waals surface area contributed by atoms with Gasteiger partial charge in [0.1, 0.15) is 0 Å². The van der Waals surface area contributed by atoms with Crippen molar-refractivity contribution in [2.45, 2.75) is 12.5 Å². The molecule has 1 amide bonds. The van der Waals surface area contributed by atoms with Gasteiger partial charge in [-0.25, -0.2) is 5.43 Å². The van der Waals surface area contributed by atoms with Crippen molar-refractivity contribution in [3.63, 3.8) is 0 Å². The molecule has 15 heavy (non-hydrogen) atoms. The van der Waals surface area contributed by atoms with Crippen LogP contribution in [0.15, 0.2) is 28.7 Å². The highest BCUT2D eigenvalue weighted by Gasteiger charge is 2.14. The summed E-state index contributed by atoms with van der Waals surface area (Å²) in [5.41, 5.74) is 11.8. The summed E-state index contributed by atoms with van der Waals surface area (Å²) in [5.74, 6) is -0.215. The fourth-order valence-corrected chi connectivity index (χ4v) is 1.66. The number of amides is 1. The first-order chi connectivity index (χ1) is 7.15. The van der Waals surface area contributed by atoms with E-state index in [2.05, 4.69) is 26.8 Å². The summed E-state index contributed by atoms with van der Waals surface area (Å²) in [6.07, 6.45) is 0.509. The molecule has 1 aromatic rings. The lowest BCUT2D eigenvalue weighted by Gasteiger charge is -2.12. The smallest absolute Gasteiger partial charge is 0.251 e. The highest BCUT2D eigenvalue weighted by atomic mass is 79.9. The van der Waals surface area contributed by atoms with Gasteiger partial charge in [-0.15, -0.1) is 0 Å². The highest BCUT2D eigenvalue weighted by Crippen LogP contribution is 2.16. The Morgan fingerprint density at radius 2 is 2.20 bits per heavy atom. The molecular weight excluding hydrogens is 258 g/mol. The predicted octanol–water partition coefficient (Wildman–Crippen LogP) is 0.570. The Bertz CT molecular complexity index is 343. The van der Waals surface area contributed by atoms with Crippen LogP contribution in [0.4, 0.5) is 0 Å². The molecule has 0 saturated carbocycles. The molecule has 0 bridgehead atoms. The van der Waals surface area contributed by atoms with Gasteiger partial charge in [-0.3, -0.25) is 10.2 Å². The zero-order chi connectivity index (χ0) is 11.3. The van der Waals surface area contributed by atoms with Crippen molar-refractivity contribution in [3.8, 4) is 0 Å². The molecule has 1 atom stereocenters. The van der Waals surface area contributed by atoms with Gasteiger partial charge in [-0.2, -0.15) is 0 Å². The van der Waals surface area contributed by atoms with Gasteiger partial charge in [-0.05, 0) is 18.1 Å². The summed E-state index contributed by atoms with van der Waals surface area (Å²) in [6, 6.07) is 7.17. The second-order valence-corrected chi connectivity index (χ2v) is 4.00. The van der Waals surface area contributed by atoms with Crippen LogP contribution >= 0.6 is 15.9 Å². The topological polar surface area (TPSA) is 67.1 Å². The summed E-state index contributed by atoms with van der Waals surface area (Å²) in [7, 11) is 1.63. The molecule has 0 saturated heterocycles. The third kappa shape index (κ3) is 3.62. The number of nitrogens with one attached hydrogen (secondary N) is 2. The molecule has 0 spiro atoms. The van der Waals surface area contributed by atoms with E-state index in [-0.39, 0.29) is 5.91 Å². The minimum Gasteiger partial charge on any atom is -0.320 e. The number of hydrazine groups is 1. The molecule has 0 aromatic heterocycles. The van der Waals surface area contributed by atoms with Crippen molar-refractivity contribution in [1.29, 1.82) is 0 Å². The Balaban J connectivity index is 2.62. The molecule has 4 nitrogen and oxygen atoms in total. The van der Waals surface area contributed by atoms with Crippen LogP contribution in [0.3, 0.4) is 0 Å². The highest BCUT2D eigenvalue weighted by molar-refractivity contribution is 9.10. The van der Waals surface area contributed by atoms with E-state index in [0.717, 1.165) is 10.0 Å². The van der Waals surface area contributed by atoms with Crippen LogP contribution in [0.25, 0.3) is 0 Å². The number of rotatable bonds is 4. The zero-order valence-corrected chi connectivity index (χ0v) is 10.0. The molecule has 82 valence electrons. The molecule has 1 aromatic carbocycles. The fraction of sp³-hybridized carbons (Fsp3) is 0.300. The molecule has 0 aliphatic carbocycles. The summed E-state index contributed by atoms with van der Waals surface area (Å²) < 4.78 is 0.970. The number of nitrogens with two attached hydrogens (primary N) is 1. The number of carbonyl (C=O) groups is 1. The van der Waals surface area contributed by atoms with Crippen LogP contribution in [-0.4, -0.2) is 19.0 Å². The van der Waals surface area contributed by atoms with Crippen molar-refractivity contribution < 1.29 is 4.79 Å². The second-order valence-electron chi connectivity index (χ2n) is 3.14. The average molecular weight is 272 g/mol. The van der Waals surface area contributed by atoms with Crippen LogP contribution < -0.4 is 16.6 Å². The van der Waals surface area contributed by atoms with Gasteiger partial charge in [0.25, 0.3) is 5.91 Å². The average Bonchev–Trinajstić information content (AvgIpc) is 2.21. The molecular formula is C10H14BrN3O. The Labute approximate surface area is 97.3 Å². The van der Waals surface area contributed by atoms with Crippen LogP contribution in [0, 0.1) is 0 Å². The quantitative estimate of drug-likeness (QED) is 0.702. The van der Waals surface area contributed by atoms with Crippen molar-refractivity contribution in [3.05, 3.63) is 34.3 Å². The summed E-state index contributed by atoms with van der Waals surface area (Å²) in [6.45, 7) is 0. The minimum absolute atomic E-state index is 0.215. The SMILES string of the molecule is CNNC(=O)C(N)Cc1ccccc1Br. The van der Waals surface area contributed by atoms with E-state index in [9.17, 15) is 4.79 Å². The maximum Gasteiger partial charge on any atom is 0.251 e. The predicted molar refractivity (Wildman–Crippen MR) is 63.0 cm³/mol. The van der Waals surface area contributed by atoms with E-state index in [1.807, 2.05) is 24.3 Å². The third-order valence-electron chi connectivity index (χ3n) is 1.98. The van der Waals surface area contributed by atoms with Crippen LogP contribution in [-0.2, 0) is 11.2 Å². The minimum atomic E-state index is -0.545. The van der Waals surface area contributed by atoms with E-state index >= 15 is 0 Å². The standard InChI is InChI=1S/C10H14BrN3O/c1-13-14-10(15)9(12)6-7-4-2-3-5-8(7)11/h2-5,9,13H,6,12H2,1H3,(H,14,15). The maximum absolute atomic E-state index is 11.3. The first kappa shape index (κ1) is 12.2. The molecule has 0 aliphatic heterocycles. The Morgan fingerprint density at radius 3 is 2.80 bits per heavy atom. The van der Waals surface area contributed by atoms with Crippen molar-refractivity contribution in [1.82, 2.24) is 10.9 Å². The molecule has 1 unspecified atom stereocenters. The number of hydrogen-bond acceptors (Lipinski definition) is 3. The van der Waals surface area contributed by atoms with Crippen molar-refractivity contribution >= 4 is 21.8 Å². The molecule has 0 aliphatic rings. The van der Waals surface area contributed by atoms with E-state index in [1.165, 1.54) is 0 Å². The lowest BCUT2D eigenvalue weighted by Crippen LogP contribution is -2.46. The fourth-order valence-electron chi connectivity index (χ4n) is 1.21. The maximum atomic E-state index is 11.3. The van der Waals surface area contributed by atoms with Crippen LogP contribution in [0.1, 0.15) is 5.56 Å². The van der Waals surface area contributed by atoms with Gasteiger partial charge >= 0.3 is 0 Å². The monoisotopic (exact) mass is 271 g/mol.